The lowest BCUT2D eigenvalue weighted by Crippen LogP contribution is -2.33. The number of hydrogen-bond donors (Lipinski definition) is 2. The summed E-state index contributed by atoms with van der Waals surface area (Å²) in [7, 11) is -0.833. The summed E-state index contributed by atoms with van der Waals surface area (Å²) in [6, 6.07) is 15.8. The van der Waals surface area contributed by atoms with Gasteiger partial charge in [-0.05, 0) is 28.7 Å². The van der Waals surface area contributed by atoms with E-state index in [0.717, 1.165) is 22.3 Å². The summed E-state index contributed by atoms with van der Waals surface area (Å²) in [6.45, 7) is 1.08. The molecule has 0 saturated heterocycles. The van der Waals surface area contributed by atoms with Crippen molar-refractivity contribution in [3.05, 3.63) is 59.7 Å². The molecule has 1 aliphatic rings. The van der Waals surface area contributed by atoms with Crippen LogP contribution < -0.4 is 16.3 Å². The Morgan fingerprint density at radius 3 is 2.79 bits per heavy atom. The van der Waals surface area contributed by atoms with E-state index >= 15 is 0 Å². The van der Waals surface area contributed by atoms with Gasteiger partial charge in [-0.15, -0.1) is 0 Å². The maximum Gasteiger partial charge on any atom is 0.491 e. The number of anilines is 1. The number of hydrogen-bond acceptors (Lipinski definition) is 4. The van der Waals surface area contributed by atoms with Gasteiger partial charge in [0.1, 0.15) is 0 Å². The fraction of sp³-hybridized carbons (Fsp3) is 0.143. The normalized spacial score (nSPS) is 13.5. The molecule has 0 radical (unpaired) electrons. The lowest BCUT2D eigenvalue weighted by Gasteiger charge is -2.19. The predicted molar refractivity (Wildman–Crippen MR) is 75.7 cm³/mol. The first kappa shape index (κ1) is 12.2. The molecule has 4 nitrogen and oxygen atoms in total. The van der Waals surface area contributed by atoms with E-state index in [1.165, 1.54) is 0 Å². The monoisotopic (exact) mass is 254 g/mol. The van der Waals surface area contributed by atoms with Crippen molar-refractivity contribution in [1.82, 2.24) is 0 Å². The molecule has 96 valence electrons. The molecule has 0 atom stereocenters. The summed E-state index contributed by atoms with van der Waals surface area (Å²) < 4.78 is 5.17. The molecule has 2 aromatic carbocycles. The molecule has 0 aliphatic carbocycles. The highest BCUT2D eigenvalue weighted by molar-refractivity contribution is 6.61. The third kappa shape index (κ3) is 2.49. The van der Waals surface area contributed by atoms with Crippen LogP contribution in [-0.2, 0) is 17.8 Å². The van der Waals surface area contributed by atoms with Crippen LogP contribution in [0, 0.1) is 0 Å². The number of fused-ring (bicyclic) bond motifs is 1. The van der Waals surface area contributed by atoms with Gasteiger partial charge in [0, 0.05) is 0 Å². The van der Waals surface area contributed by atoms with Crippen LogP contribution in [-0.4, -0.2) is 12.1 Å². The predicted octanol–water partition coefficient (Wildman–Crippen LogP) is 0.785. The van der Waals surface area contributed by atoms with Crippen molar-refractivity contribution in [3.8, 4) is 0 Å². The first-order valence-corrected chi connectivity index (χ1v) is 6.23. The van der Waals surface area contributed by atoms with Crippen molar-refractivity contribution in [2.24, 2.45) is 5.84 Å². The van der Waals surface area contributed by atoms with E-state index in [1.807, 2.05) is 48.5 Å². The molecule has 0 bridgehead atoms. The first-order valence-electron chi connectivity index (χ1n) is 6.23. The SMILES string of the molecule is NN(Cc1ccccc1)c1ccc2c(c1)B(O)OC2. The largest absolute Gasteiger partial charge is 0.491 e. The zero-order chi connectivity index (χ0) is 13.2. The highest BCUT2D eigenvalue weighted by Gasteiger charge is 2.27. The van der Waals surface area contributed by atoms with E-state index in [9.17, 15) is 5.02 Å². The highest BCUT2D eigenvalue weighted by Crippen LogP contribution is 2.17. The van der Waals surface area contributed by atoms with Crippen LogP contribution in [0.4, 0.5) is 5.69 Å². The third-order valence-corrected chi connectivity index (χ3v) is 3.32. The molecule has 3 rings (SSSR count). The maximum absolute atomic E-state index is 9.70. The van der Waals surface area contributed by atoms with E-state index in [-0.39, 0.29) is 0 Å². The molecular weight excluding hydrogens is 239 g/mol. The van der Waals surface area contributed by atoms with Crippen molar-refractivity contribution in [2.45, 2.75) is 13.2 Å². The standard InChI is InChI=1S/C14H15BN2O2/c16-17(9-11-4-2-1-3-5-11)13-7-6-12-10-19-15(18)14(12)8-13/h1-8,18H,9-10,16H2. The summed E-state index contributed by atoms with van der Waals surface area (Å²) in [6.07, 6.45) is 0. The van der Waals surface area contributed by atoms with Gasteiger partial charge >= 0.3 is 7.12 Å². The number of nitrogens with two attached hydrogens (primary N) is 1. The van der Waals surface area contributed by atoms with Crippen LogP contribution in [0.3, 0.4) is 0 Å². The van der Waals surface area contributed by atoms with Gasteiger partial charge in [-0.1, -0.05) is 36.4 Å². The second-order valence-corrected chi connectivity index (χ2v) is 4.66. The van der Waals surface area contributed by atoms with Crippen LogP contribution in [0.2, 0.25) is 0 Å². The van der Waals surface area contributed by atoms with Crippen LogP contribution in [0.25, 0.3) is 0 Å². The van der Waals surface area contributed by atoms with Crippen LogP contribution in [0.1, 0.15) is 11.1 Å². The minimum absolute atomic E-state index is 0.458. The van der Waals surface area contributed by atoms with E-state index in [0.29, 0.717) is 13.2 Å². The minimum Gasteiger partial charge on any atom is -0.423 e. The molecular formula is C14H15BN2O2. The van der Waals surface area contributed by atoms with E-state index < -0.39 is 7.12 Å². The van der Waals surface area contributed by atoms with E-state index in [2.05, 4.69) is 0 Å². The summed E-state index contributed by atoms with van der Waals surface area (Å²) >= 11 is 0. The Balaban J connectivity index is 1.81. The van der Waals surface area contributed by atoms with Crippen molar-refractivity contribution in [1.29, 1.82) is 0 Å². The molecule has 0 fully saturated rings. The average Bonchev–Trinajstić information content (AvgIpc) is 2.81. The van der Waals surface area contributed by atoms with Crippen molar-refractivity contribution in [3.63, 3.8) is 0 Å². The fourth-order valence-corrected chi connectivity index (χ4v) is 2.25. The van der Waals surface area contributed by atoms with E-state index in [1.54, 1.807) is 5.01 Å². The molecule has 2 aromatic rings. The van der Waals surface area contributed by atoms with Gasteiger partial charge in [-0.2, -0.15) is 0 Å². The van der Waals surface area contributed by atoms with Gasteiger partial charge in [0.25, 0.3) is 0 Å². The summed E-state index contributed by atoms with van der Waals surface area (Å²) in [5.74, 6) is 6.08. The number of nitrogens with zero attached hydrogens (tertiary/aromatic N) is 1. The number of hydrazine groups is 1. The van der Waals surface area contributed by atoms with Gasteiger partial charge in [0.05, 0.1) is 18.8 Å². The molecule has 0 aromatic heterocycles. The highest BCUT2D eigenvalue weighted by atomic mass is 16.5. The topological polar surface area (TPSA) is 58.7 Å². The Labute approximate surface area is 112 Å². The maximum atomic E-state index is 9.70. The summed E-state index contributed by atoms with van der Waals surface area (Å²) in [5, 5.41) is 11.4. The molecule has 19 heavy (non-hydrogen) atoms. The molecule has 0 unspecified atom stereocenters. The van der Waals surface area contributed by atoms with Crippen LogP contribution in [0.5, 0.6) is 0 Å². The smallest absolute Gasteiger partial charge is 0.423 e. The van der Waals surface area contributed by atoms with E-state index in [4.69, 9.17) is 10.5 Å². The fourth-order valence-electron chi connectivity index (χ4n) is 2.25. The van der Waals surface area contributed by atoms with Gasteiger partial charge < -0.3 is 14.7 Å². The molecule has 0 spiro atoms. The molecule has 3 N–H and O–H groups in total. The van der Waals surface area contributed by atoms with Crippen LogP contribution >= 0.6 is 0 Å². The Morgan fingerprint density at radius 2 is 2.00 bits per heavy atom. The molecule has 0 amide bonds. The second kappa shape index (κ2) is 5.05. The third-order valence-electron chi connectivity index (χ3n) is 3.32. The molecule has 5 heteroatoms. The quantitative estimate of drug-likeness (QED) is 0.483. The molecule has 1 heterocycles. The van der Waals surface area contributed by atoms with Crippen molar-refractivity contribution >= 4 is 18.3 Å². The second-order valence-electron chi connectivity index (χ2n) is 4.66. The van der Waals surface area contributed by atoms with Gasteiger partial charge in [0.2, 0.25) is 0 Å². The summed E-state index contributed by atoms with van der Waals surface area (Å²) in [5.41, 5.74) is 3.83. The lowest BCUT2D eigenvalue weighted by atomic mass is 9.79. The summed E-state index contributed by atoms with van der Waals surface area (Å²) in [4.78, 5) is 0. The Morgan fingerprint density at radius 1 is 1.21 bits per heavy atom. The van der Waals surface area contributed by atoms with Crippen molar-refractivity contribution in [2.75, 3.05) is 5.01 Å². The Kier molecular flexibility index (Phi) is 3.25. The van der Waals surface area contributed by atoms with Gasteiger partial charge in [0.15, 0.2) is 0 Å². The zero-order valence-corrected chi connectivity index (χ0v) is 10.5. The molecule has 1 aliphatic heterocycles. The van der Waals surface area contributed by atoms with Crippen molar-refractivity contribution < 1.29 is 9.68 Å². The van der Waals surface area contributed by atoms with Crippen LogP contribution in [0.15, 0.2) is 48.5 Å². The number of rotatable bonds is 3. The Hall–Kier alpha value is -1.82. The lowest BCUT2D eigenvalue weighted by molar-refractivity contribution is 0.275. The average molecular weight is 254 g/mol. The molecule has 0 saturated carbocycles. The minimum atomic E-state index is -0.833. The first-order chi connectivity index (χ1) is 9.24. The number of benzene rings is 2. The van der Waals surface area contributed by atoms with Gasteiger partial charge in [-0.25, -0.2) is 5.84 Å². The zero-order valence-electron chi connectivity index (χ0n) is 10.5. The van der Waals surface area contributed by atoms with Gasteiger partial charge in [-0.3, -0.25) is 0 Å². The Bertz CT molecular complexity index is 577.